The summed E-state index contributed by atoms with van der Waals surface area (Å²) in [6.45, 7) is 6.80. The topological polar surface area (TPSA) is 220 Å². The number of imide groups is 1. The standard InChI is InChI=1S/C30H42N6O8/c1-17(2)26(35-28(41)22(15-31)36-24(38)11-12-25(36)39)23(37)14-20(6-5-13-33-30(32)43)27(40)34-21-9-7-19(8-10-21)16-44-29(42)18(3)4/h7-12,17-18,20,22,26H,5-6,13-16,31H2,1-4H3,(H,34,40)(H,35,41)(H3,32,33,43). The van der Waals surface area contributed by atoms with Crippen LogP contribution >= 0.6 is 0 Å². The summed E-state index contributed by atoms with van der Waals surface area (Å²) in [5.74, 6) is -4.84. The summed E-state index contributed by atoms with van der Waals surface area (Å²) < 4.78 is 5.22. The molecule has 240 valence electrons. The third-order valence-electron chi connectivity index (χ3n) is 6.91. The predicted molar refractivity (Wildman–Crippen MR) is 160 cm³/mol. The zero-order valence-corrected chi connectivity index (χ0v) is 25.5. The fourth-order valence-electron chi connectivity index (χ4n) is 4.42. The molecule has 7 N–H and O–H groups in total. The van der Waals surface area contributed by atoms with E-state index in [1.165, 1.54) is 0 Å². The molecule has 1 heterocycles. The highest BCUT2D eigenvalue weighted by atomic mass is 16.5. The van der Waals surface area contributed by atoms with E-state index >= 15 is 0 Å². The summed E-state index contributed by atoms with van der Waals surface area (Å²) in [4.78, 5) is 87.6. The fourth-order valence-corrected chi connectivity index (χ4v) is 4.42. The van der Waals surface area contributed by atoms with Gasteiger partial charge in [0.05, 0.1) is 12.0 Å². The molecule has 14 nitrogen and oxygen atoms in total. The van der Waals surface area contributed by atoms with Crippen LogP contribution in [0.3, 0.4) is 0 Å². The number of primary amides is 1. The van der Waals surface area contributed by atoms with Crippen LogP contribution < -0.4 is 27.4 Å². The van der Waals surface area contributed by atoms with Gasteiger partial charge in [-0.15, -0.1) is 0 Å². The minimum Gasteiger partial charge on any atom is -0.461 e. The summed E-state index contributed by atoms with van der Waals surface area (Å²) in [5.41, 5.74) is 12.0. The van der Waals surface area contributed by atoms with Crippen molar-refractivity contribution < 1.29 is 38.3 Å². The number of ether oxygens (including phenoxy) is 1. The van der Waals surface area contributed by atoms with Gasteiger partial charge in [-0.3, -0.25) is 33.7 Å². The summed E-state index contributed by atoms with van der Waals surface area (Å²) in [7, 11) is 0. The molecular formula is C30H42N6O8. The summed E-state index contributed by atoms with van der Waals surface area (Å²) >= 11 is 0. The lowest BCUT2D eigenvalue weighted by atomic mass is 9.89. The van der Waals surface area contributed by atoms with Crippen molar-refractivity contribution in [3.8, 4) is 0 Å². The van der Waals surface area contributed by atoms with E-state index in [0.717, 1.165) is 22.6 Å². The highest BCUT2D eigenvalue weighted by molar-refractivity contribution is 6.15. The normalized spacial score (nSPS) is 14.8. The van der Waals surface area contributed by atoms with Crippen LogP contribution in [0.2, 0.25) is 0 Å². The lowest BCUT2D eigenvalue weighted by Gasteiger charge is -2.28. The molecule has 3 atom stereocenters. The molecule has 2 rings (SSSR count). The first-order chi connectivity index (χ1) is 20.7. The van der Waals surface area contributed by atoms with Crippen molar-refractivity contribution in [1.82, 2.24) is 15.5 Å². The minimum absolute atomic E-state index is 0.0825. The van der Waals surface area contributed by atoms with Crippen molar-refractivity contribution >= 4 is 47.1 Å². The van der Waals surface area contributed by atoms with Crippen LogP contribution in [-0.4, -0.2) is 71.5 Å². The Morgan fingerprint density at radius 2 is 1.55 bits per heavy atom. The number of carbonyl (C=O) groups excluding carboxylic acids is 7. The van der Waals surface area contributed by atoms with Gasteiger partial charge < -0.3 is 32.2 Å². The third kappa shape index (κ3) is 10.6. The van der Waals surface area contributed by atoms with Crippen molar-refractivity contribution in [3.63, 3.8) is 0 Å². The van der Waals surface area contributed by atoms with Gasteiger partial charge in [-0.05, 0) is 36.5 Å². The first kappa shape index (κ1) is 35.6. The number of hydrogen-bond acceptors (Lipinski definition) is 9. The Bertz CT molecular complexity index is 1240. The number of nitrogens with two attached hydrogens (primary N) is 2. The molecular weight excluding hydrogens is 572 g/mol. The van der Waals surface area contributed by atoms with E-state index in [1.807, 2.05) is 0 Å². The van der Waals surface area contributed by atoms with Gasteiger partial charge in [0.25, 0.3) is 11.8 Å². The second-order valence-corrected chi connectivity index (χ2v) is 11.1. The van der Waals surface area contributed by atoms with Gasteiger partial charge in [0.2, 0.25) is 11.8 Å². The van der Waals surface area contributed by atoms with Crippen LogP contribution in [0, 0.1) is 17.8 Å². The Labute approximate surface area is 256 Å². The Morgan fingerprint density at radius 3 is 2.07 bits per heavy atom. The summed E-state index contributed by atoms with van der Waals surface area (Å²) in [6.07, 6.45) is 2.39. The molecule has 0 radical (unpaired) electrons. The van der Waals surface area contributed by atoms with E-state index < -0.39 is 59.4 Å². The van der Waals surface area contributed by atoms with Gasteiger partial charge in [-0.2, -0.15) is 0 Å². The van der Waals surface area contributed by atoms with Crippen molar-refractivity contribution in [2.75, 3.05) is 18.4 Å². The van der Waals surface area contributed by atoms with E-state index in [-0.39, 0.29) is 44.4 Å². The van der Waals surface area contributed by atoms with Crippen LogP contribution in [0.25, 0.3) is 0 Å². The number of nitrogens with one attached hydrogen (secondary N) is 3. The van der Waals surface area contributed by atoms with Crippen molar-refractivity contribution in [2.45, 2.75) is 65.6 Å². The summed E-state index contributed by atoms with van der Waals surface area (Å²) in [6, 6.07) is 3.61. The molecule has 0 fully saturated rings. The maximum atomic E-state index is 13.5. The van der Waals surface area contributed by atoms with Gasteiger partial charge >= 0.3 is 12.0 Å². The fraction of sp³-hybridized carbons (Fsp3) is 0.500. The first-order valence-corrected chi connectivity index (χ1v) is 14.4. The highest BCUT2D eigenvalue weighted by Gasteiger charge is 2.37. The lowest BCUT2D eigenvalue weighted by molar-refractivity contribution is -0.148. The van der Waals surface area contributed by atoms with Crippen LogP contribution in [0.1, 0.15) is 52.5 Å². The van der Waals surface area contributed by atoms with Gasteiger partial charge in [0.15, 0.2) is 5.78 Å². The average Bonchev–Trinajstić information content (AvgIpc) is 3.29. The number of anilines is 1. The van der Waals surface area contributed by atoms with E-state index in [0.29, 0.717) is 12.1 Å². The molecule has 1 aromatic rings. The molecule has 1 aromatic carbocycles. The molecule has 0 bridgehead atoms. The molecule has 6 amide bonds. The number of ketones is 1. The molecule has 1 aliphatic rings. The molecule has 14 heteroatoms. The molecule has 3 unspecified atom stereocenters. The molecule has 0 saturated heterocycles. The number of rotatable bonds is 17. The average molecular weight is 615 g/mol. The Morgan fingerprint density at radius 1 is 0.932 bits per heavy atom. The maximum absolute atomic E-state index is 13.5. The zero-order valence-electron chi connectivity index (χ0n) is 25.5. The largest absolute Gasteiger partial charge is 0.461 e. The van der Waals surface area contributed by atoms with E-state index in [4.69, 9.17) is 16.2 Å². The number of esters is 1. The lowest BCUT2D eigenvalue weighted by Crippen LogP contribution is -2.57. The molecule has 1 aliphatic heterocycles. The highest BCUT2D eigenvalue weighted by Crippen LogP contribution is 2.20. The number of hydrogen-bond donors (Lipinski definition) is 5. The van der Waals surface area contributed by atoms with Crippen LogP contribution in [0.4, 0.5) is 10.5 Å². The Kier molecular flexibility index (Phi) is 13.7. The van der Waals surface area contributed by atoms with E-state index in [1.54, 1.807) is 52.0 Å². The van der Waals surface area contributed by atoms with Gasteiger partial charge in [0, 0.05) is 43.3 Å². The maximum Gasteiger partial charge on any atom is 0.312 e. The Hall–Kier alpha value is -4.59. The van der Waals surface area contributed by atoms with Crippen LogP contribution in [-0.2, 0) is 40.1 Å². The first-order valence-electron chi connectivity index (χ1n) is 14.4. The second-order valence-electron chi connectivity index (χ2n) is 11.1. The quantitative estimate of drug-likeness (QED) is 0.0947. The van der Waals surface area contributed by atoms with E-state index in [2.05, 4.69) is 16.0 Å². The Balaban J connectivity index is 2.14. The number of urea groups is 1. The van der Waals surface area contributed by atoms with Crippen molar-refractivity contribution in [2.24, 2.45) is 29.2 Å². The second kappa shape index (κ2) is 16.9. The van der Waals surface area contributed by atoms with Gasteiger partial charge in [-0.1, -0.05) is 39.8 Å². The number of amides is 6. The minimum atomic E-state index is -1.31. The molecule has 0 aliphatic carbocycles. The van der Waals surface area contributed by atoms with E-state index in [9.17, 15) is 33.6 Å². The monoisotopic (exact) mass is 614 g/mol. The van der Waals surface area contributed by atoms with Crippen LogP contribution in [0.5, 0.6) is 0 Å². The summed E-state index contributed by atoms with van der Waals surface area (Å²) in [5, 5.41) is 7.85. The van der Waals surface area contributed by atoms with Gasteiger partial charge in [-0.25, -0.2) is 4.79 Å². The number of benzene rings is 1. The molecule has 0 aromatic heterocycles. The zero-order chi connectivity index (χ0) is 33.0. The molecule has 0 spiro atoms. The van der Waals surface area contributed by atoms with Crippen molar-refractivity contribution in [1.29, 1.82) is 0 Å². The predicted octanol–water partition coefficient (Wildman–Crippen LogP) is 0.741. The number of Topliss-reactive ketones (excluding diaryl/α,β-unsaturated/α-hetero) is 1. The number of carbonyl (C=O) groups is 7. The third-order valence-corrected chi connectivity index (χ3v) is 6.91. The molecule has 0 saturated carbocycles. The molecule has 44 heavy (non-hydrogen) atoms. The van der Waals surface area contributed by atoms with Crippen LogP contribution in [0.15, 0.2) is 36.4 Å². The number of nitrogens with zero attached hydrogens (tertiary/aromatic N) is 1. The van der Waals surface area contributed by atoms with Crippen molar-refractivity contribution in [3.05, 3.63) is 42.0 Å². The van der Waals surface area contributed by atoms with Gasteiger partial charge in [0.1, 0.15) is 12.6 Å². The smallest absolute Gasteiger partial charge is 0.312 e. The SMILES string of the molecule is CC(C)C(=O)OCc1ccc(NC(=O)C(CCCNC(N)=O)CC(=O)C(NC(=O)C(CN)N2C(=O)C=CC2=O)C(C)C)cc1.